The highest BCUT2D eigenvalue weighted by atomic mass is 127. The lowest BCUT2D eigenvalue weighted by Gasteiger charge is -2.31. The number of rotatable bonds is 5. The Bertz CT molecular complexity index is 379. The van der Waals surface area contributed by atoms with Gasteiger partial charge in [0.2, 0.25) is 5.28 Å². The maximum atomic E-state index is 6.06. The van der Waals surface area contributed by atoms with Crippen LogP contribution in [-0.2, 0) is 6.54 Å². The van der Waals surface area contributed by atoms with Crippen molar-refractivity contribution in [3.63, 3.8) is 0 Å². The van der Waals surface area contributed by atoms with Crippen LogP contribution in [0.4, 0.5) is 0 Å². The lowest BCUT2D eigenvalue weighted by atomic mass is 10.2. The van der Waals surface area contributed by atoms with E-state index in [0.29, 0.717) is 16.6 Å². The summed E-state index contributed by atoms with van der Waals surface area (Å²) in [6.07, 6.45) is 1.69. The first-order valence-corrected chi connectivity index (χ1v) is 9.33. The Morgan fingerprint density at radius 2 is 2.06 bits per heavy atom. The van der Waals surface area contributed by atoms with Gasteiger partial charge in [-0.25, -0.2) is 9.97 Å². The monoisotopic (exact) mass is 405 g/mol. The van der Waals surface area contributed by atoms with Crippen LogP contribution in [0.5, 0.6) is 0 Å². The highest BCUT2D eigenvalue weighted by Gasteiger charge is 2.19. The van der Waals surface area contributed by atoms with Gasteiger partial charge in [0, 0.05) is 24.3 Å². The highest BCUT2D eigenvalue weighted by molar-refractivity contribution is 14.2. The number of halogens is 3. The molecule has 0 aliphatic carbocycles. The van der Waals surface area contributed by atoms with E-state index in [-0.39, 0.29) is 5.28 Å². The van der Waals surface area contributed by atoms with Gasteiger partial charge in [-0.3, -0.25) is 4.90 Å². The molecule has 0 amide bonds. The lowest BCUT2D eigenvalue weighted by Crippen LogP contribution is -2.35. The molecule has 0 radical (unpaired) electrons. The molecule has 7 heteroatoms. The Balaban J connectivity index is 2.86. The molecule has 0 spiro atoms. The molecule has 1 aromatic heterocycles. The van der Waals surface area contributed by atoms with Gasteiger partial charge in [0.05, 0.1) is 5.37 Å². The van der Waals surface area contributed by atoms with Crippen molar-refractivity contribution in [3.8, 4) is 0 Å². The molecule has 1 unspecified atom stereocenters. The van der Waals surface area contributed by atoms with Crippen LogP contribution >= 0.6 is 53.3 Å². The molecule has 0 aliphatic rings. The van der Waals surface area contributed by atoms with E-state index in [0.717, 1.165) is 12.1 Å². The fraction of sp³-hybridized carbons (Fsp3) is 0.600. The largest absolute Gasteiger partial charge is 0.284 e. The van der Waals surface area contributed by atoms with E-state index in [1.54, 1.807) is 15.1 Å². The zero-order valence-corrected chi connectivity index (χ0v) is 14.3. The minimum Gasteiger partial charge on any atom is -0.284 e. The van der Waals surface area contributed by atoms with Crippen LogP contribution < -0.4 is 0 Å². The van der Waals surface area contributed by atoms with Crippen LogP contribution in [0.15, 0.2) is 6.20 Å². The standard InChI is InChI=1S/C10H14Cl2IN3S/c1-6(2)16(7(3)17-13)5-8-4-14-10(12)15-9(8)11/h4,6-7H,5H2,1-3H3. The van der Waals surface area contributed by atoms with Crippen molar-refractivity contribution in [1.29, 1.82) is 0 Å². The van der Waals surface area contributed by atoms with Crippen LogP contribution in [0.2, 0.25) is 10.4 Å². The third-order valence-corrected chi connectivity index (χ3v) is 5.64. The number of aromatic nitrogens is 2. The Morgan fingerprint density at radius 1 is 1.41 bits per heavy atom. The Hall–Kier alpha value is 0.700. The SMILES string of the molecule is CC(C)N(Cc1cnc(Cl)nc1Cl)C(C)SI. The van der Waals surface area contributed by atoms with Crippen molar-refractivity contribution < 1.29 is 0 Å². The van der Waals surface area contributed by atoms with Crippen molar-refractivity contribution in [2.45, 2.75) is 38.7 Å². The van der Waals surface area contributed by atoms with Crippen LogP contribution in [0.25, 0.3) is 0 Å². The van der Waals surface area contributed by atoms with E-state index in [4.69, 9.17) is 23.2 Å². The summed E-state index contributed by atoms with van der Waals surface area (Å²) in [7, 11) is 1.78. The van der Waals surface area contributed by atoms with Gasteiger partial charge in [0.15, 0.2) is 0 Å². The van der Waals surface area contributed by atoms with Crippen molar-refractivity contribution in [1.82, 2.24) is 14.9 Å². The Labute approximate surface area is 128 Å². The molecule has 0 aromatic carbocycles. The second kappa shape index (κ2) is 7.33. The molecule has 96 valence electrons. The summed E-state index contributed by atoms with van der Waals surface area (Å²) in [5, 5.41) is 1.02. The average Bonchev–Trinajstić information content (AvgIpc) is 2.26. The first-order chi connectivity index (χ1) is 7.95. The first-order valence-electron chi connectivity index (χ1n) is 5.15. The fourth-order valence-corrected chi connectivity index (χ4v) is 3.11. The summed E-state index contributed by atoms with van der Waals surface area (Å²) in [6.45, 7) is 7.22. The van der Waals surface area contributed by atoms with Crippen molar-refractivity contribution in [2.75, 3.05) is 0 Å². The van der Waals surface area contributed by atoms with Gasteiger partial charge >= 0.3 is 0 Å². The third-order valence-electron chi connectivity index (χ3n) is 2.39. The van der Waals surface area contributed by atoms with Crippen molar-refractivity contribution >= 4 is 53.3 Å². The molecule has 0 saturated carbocycles. The van der Waals surface area contributed by atoms with E-state index in [9.17, 15) is 0 Å². The predicted molar refractivity (Wildman–Crippen MR) is 83.8 cm³/mol. The van der Waals surface area contributed by atoms with Gasteiger partial charge < -0.3 is 0 Å². The van der Waals surface area contributed by atoms with Crippen molar-refractivity contribution in [3.05, 3.63) is 22.2 Å². The van der Waals surface area contributed by atoms with Gasteiger partial charge in [-0.15, -0.1) is 0 Å². The summed E-state index contributed by atoms with van der Waals surface area (Å²) in [5.41, 5.74) is 0.905. The summed E-state index contributed by atoms with van der Waals surface area (Å²) < 4.78 is 0. The molecular weight excluding hydrogens is 392 g/mol. The molecule has 0 saturated heterocycles. The van der Waals surface area contributed by atoms with Crippen LogP contribution in [-0.4, -0.2) is 26.3 Å². The van der Waals surface area contributed by atoms with E-state index in [2.05, 4.69) is 56.8 Å². The lowest BCUT2D eigenvalue weighted by molar-refractivity contribution is 0.206. The van der Waals surface area contributed by atoms with Crippen LogP contribution in [0.1, 0.15) is 26.3 Å². The molecule has 0 fully saturated rings. The highest BCUT2D eigenvalue weighted by Crippen LogP contribution is 2.27. The Kier molecular flexibility index (Phi) is 6.79. The summed E-state index contributed by atoms with van der Waals surface area (Å²) >= 11 is 14.0. The van der Waals surface area contributed by atoms with Crippen molar-refractivity contribution in [2.24, 2.45) is 0 Å². The molecule has 0 aliphatic heterocycles. The average molecular weight is 406 g/mol. The number of hydrogen-bond acceptors (Lipinski definition) is 4. The summed E-state index contributed by atoms with van der Waals surface area (Å²) in [6, 6.07) is 0.430. The second-order valence-electron chi connectivity index (χ2n) is 3.91. The quantitative estimate of drug-likeness (QED) is 0.313. The van der Waals surface area contributed by atoms with Gasteiger partial charge in [-0.2, -0.15) is 0 Å². The summed E-state index contributed by atoms with van der Waals surface area (Å²) in [4.78, 5) is 10.3. The zero-order chi connectivity index (χ0) is 13.0. The van der Waals surface area contributed by atoms with E-state index < -0.39 is 0 Å². The second-order valence-corrected chi connectivity index (χ2v) is 6.99. The smallest absolute Gasteiger partial charge is 0.223 e. The third kappa shape index (κ3) is 4.70. The molecule has 0 bridgehead atoms. The van der Waals surface area contributed by atoms with E-state index in [1.165, 1.54) is 0 Å². The minimum absolute atomic E-state index is 0.186. The van der Waals surface area contributed by atoms with Gasteiger partial charge in [-0.05, 0) is 53.6 Å². The molecule has 1 heterocycles. The minimum atomic E-state index is 0.186. The molecule has 1 aromatic rings. The maximum absolute atomic E-state index is 6.06. The molecular formula is C10H14Cl2IN3S. The van der Waals surface area contributed by atoms with E-state index >= 15 is 0 Å². The number of hydrogen-bond donors (Lipinski definition) is 0. The first kappa shape index (κ1) is 15.8. The molecule has 0 N–H and O–H groups in total. The topological polar surface area (TPSA) is 29.0 Å². The zero-order valence-electron chi connectivity index (χ0n) is 9.82. The summed E-state index contributed by atoms with van der Waals surface area (Å²) in [5.74, 6) is 0. The van der Waals surface area contributed by atoms with Gasteiger partial charge in [-0.1, -0.05) is 20.5 Å². The van der Waals surface area contributed by atoms with Crippen LogP contribution in [0.3, 0.4) is 0 Å². The Morgan fingerprint density at radius 3 is 2.53 bits per heavy atom. The molecule has 1 atom stereocenters. The molecule has 1 rings (SSSR count). The van der Waals surface area contributed by atoms with Crippen LogP contribution in [0, 0.1) is 0 Å². The molecule has 3 nitrogen and oxygen atoms in total. The van der Waals surface area contributed by atoms with E-state index in [1.807, 2.05) is 0 Å². The normalized spacial score (nSPS) is 13.4. The number of nitrogens with zero attached hydrogens (tertiary/aromatic N) is 3. The fourth-order valence-electron chi connectivity index (χ4n) is 1.45. The van der Waals surface area contributed by atoms with Gasteiger partial charge in [0.25, 0.3) is 0 Å². The molecule has 17 heavy (non-hydrogen) atoms. The van der Waals surface area contributed by atoms with Gasteiger partial charge in [0.1, 0.15) is 5.15 Å². The maximum Gasteiger partial charge on any atom is 0.223 e. The predicted octanol–water partition coefficient (Wildman–Crippen LogP) is 4.42.